The Kier molecular flexibility index (Phi) is 2.71. The Morgan fingerprint density at radius 3 is 2.54 bits per heavy atom. The Hall–Kier alpha value is -0.500. The quantitative estimate of drug-likeness (QED) is 0.611. The summed E-state index contributed by atoms with van der Waals surface area (Å²) >= 11 is 0. The van der Waals surface area contributed by atoms with Crippen molar-refractivity contribution in [2.45, 2.75) is 39.3 Å². The Morgan fingerprint density at radius 1 is 1.54 bits per heavy atom. The molecule has 0 saturated carbocycles. The minimum Gasteiger partial charge on any atom is -0.370 e. The van der Waals surface area contributed by atoms with E-state index in [-0.39, 0.29) is 5.54 Å². The Morgan fingerprint density at radius 2 is 2.08 bits per heavy atom. The summed E-state index contributed by atoms with van der Waals surface area (Å²) in [5, 5.41) is 0. The third kappa shape index (κ3) is 1.60. The molecule has 0 aliphatic carbocycles. The second kappa shape index (κ2) is 3.33. The minimum absolute atomic E-state index is 0.114. The summed E-state index contributed by atoms with van der Waals surface area (Å²) in [6.45, 7) is 15.3. The molecule has 0 radical (unpaired) electrons. The number of piperazine rings is 1. The fraction of sp³-hybridized carbons (Fsp3) is 0.818. The van der Waals surface area contributed by atoms with Gasteiger partial charge in [-0.15, -0.1) is 0 Å². The van der Waals surface area contributed by atoms with E-state index in [0.717, 1.165) is 13.1 Å². The van der Waals surface area contributed by atoms with Crippen LogP contribution in [0.25, 0.3) is 0 Å². The van der Waals surface area contributed by atoms with E-state index in [0.29, 0.717) is 6.04 Å². The summed E-state index contributed by atoms with van der Waals surface area (Å²) in [6, 6.07) is 0.593. The molecule has 0 bridgehead atoms. The molecule has 0 spiro atoms. The molecule has 1 heterocycles. The van der Waals surface area contributed by atoms with Gasteiger partial charge in [-0.05, 0) is 34.7 Å². The van der Waals surface area contributed by atoms with Gasteiger partial charge >= 0.3 is 0 Å². The predicted octanol–water partition coefficient (Wildman–Crippen LogP) is 1.93. The Labute approximate surface area is 82.2 Å². The first-order valence-corrected chi connectivity index (χ1v) is 5.08. The standard InChI is InChI=1S/C11H22N2/c1-7-13-9(2)8-12(6)11(4,5)10(13)3/h9H,3,7-8H2,1-2,4-6H3/t9-/m0/s1. The predicted molar refractivity (Wildman–Crippen MR) is 57.7 cm³/mol. The number of likely N-dealkylation sites (N-methyl/N-ethyl adjacent to an activating group) is 2. The zero-order chi connectivity index (χ0) is 10.2. The molecule has 0 N–H and O–H groups in total. The highest BCUT2D eigenvalue weighted by atomic mass is 15.3. The first-order chi connectivity index (χ1) is 5.91. The average molecular weight is 182 g/mol. The third-order valence-electron chi connectivity index (χ3n) is 3.42. The van der Waals surface area contributed by atoms with Gasteiger partial charge in [-0.1, -0.05) is 6.58 Å². The number of hydrogen-bond donors (Lipinski definition) is 0. The molecule has 1 atom stereocenters. The van der Waals surface area contributed by atoms with Crippen LogP contribution >= 0.6 is 0 Å². The largest absolute Gasteiger partial charge is 0.370 e. The Balaban J connectivity index is 2.89. The molecule has 1 aliphatic heterocycles. The average Bonchev–Trinajstić information content (AvgIpc) is 2.03. The molecule has 1 fully saturated rings. The number of nitrogens with zero attached hydrogens (tertiary/aromatic N) is 2. The van der Waals surface area contributed by atoms with Gasteiger partial charge in [0.15, 0.2) is 0 Å². The van der Waals surface area contributed by atoms with Gasteiger partial charge in [-0.25, -0.2) is 0 Å². The summed E-state index contributed by atoms with van der Waals surface area (Å²) in [7, 11) is 2.18. The molecule has 0 aromatic carbocycles. The van der Waals surface area contributed by atoms with Crippen molar-refractivity contribution in [3.05, 3.63) is 12.3 Å². The van der Waals surface area contributed by atoms with E-state index in [1.807, 2.05) is 0 Å². The van der Waals surface area contributed by atoms with Crippen molar-refractivity contribution in [1.82, 2.24) is 9.80 Å². The van der Waals surface area contributed by atoms with Crippen LogP contribution in [-0.2, 0) is 0 Å². The lowest BCUT2D eigenvalue weighted by Gasteiger charge is -2.51. The van der Waals surface area contributed by atoms with Crippen LogP contribution < -0.4 is 0 Å². The topological polar surface area (TPSA) is 6.48 Å². The van der Waals surface area contributed by atoms with Crippen LogP contribution in [0.15, 0.2) is 12.3 Å². The molecule has 1 rings (SSSR count). The van der Waals surface area contributed by atoms with Crippen molar-refractivity contribution < 1.29 is 0 Å². The lowest BCUT2D eigenvalue weighted by molar-refractivity contribution is 0.0560. The molecule has 1 saturated heterocycles. The molecule has 0 aromatic rings. The van der Waals surface area contributed by atoms with Crippen LogP contribution in [0, 0.1) is 0 Å². The van der Waals surface area contributed by atoms with Gasteiger partial charge in [0.05, 0.1) is 5.54 Å². The maximum Gasteiger partial charge on any atom is 0.0545 e. The second-order valence-corrected chi connectivity index (χ2v) is 4.52. The summed E-state index contributed by atoms with van der Waals surface area (Å²) in [5.74, 6) is 0. The summed E-state index contributed by atoms with van der Waals surface area (Å²) < 4.78 is 0. The van der Waals surface area contributed by atoms with E-state index >= 15 is 0 Å². The fourth-order valence-electron chi connectivity index (χ4n) is 2.06. The highest BCUT2D eigenvalue weighted by molar-refractivity contribution is 5.16. The van der Waals surface area contributed by atoms with Crippen molar-refractivity contribution in [3.8, 4) is 0 Å². The Bertz CT molecular complexity index is 208. The number of hydrogen-bond acceptors (Lipinski definition) is 2. The van der Waals surface area contributed by atoms with Crippen molar-refractivity contribution in [3.63, 3.8) is 0 Å². The van der Waals surface area contributed by atoms with E-state index in [1.165, 1.54) is 5.70 Å². The van der Waals surface area contributed by atoms with Crippen molar-refractivity contribution in [2.75, 3.05) is 20.1 Å². The molecule has 0 amide bonds. The van der Waals surface area contributed by atoms with Crippen LogP contribution in [0.2, 0.25) is 0 Å². The van der Waals surface area contributed by atoms with Crippen molar-refractivity contribution >= 4 is 0 Å². The summed E-state index contributed by atoms with van der Waals surface area (Å²) in [4.78, 5) is 4.78. The lowest BCUT2D eigenvalue weighted by Crippen LogP contribution is -2.58. The molecule has 1 aliphatic rings. The van der Waals surface area contributed by atoms with Crippen LogP contribution in [0.5, 0.6) is 0 Å². The number of rotatable bonds is 1. The molecular formula is C11H22N2. The van der Waals surface area contributed by atoms with Gasteiger partial charge in [0.25, 0.3) is 0 Å². The minimum atomic E-state index is 0.114. The molecule has 0 aromatic heterocycles. The van der Waals surface area contributed by atoms with E-state index in [2.05, 4.69) is 51.1 Å². The van der Waals surface area contributed by atoms with E-state index < -0.39 is 0 Å². The van der Waals surface area contributed by atoms with Crippen LogP contribution in [-0.4, -0.2) is 41.5 Å². The van der Waals surface area contributed by atoms with Gasteiger partial charge in [-0.3, -0.25) is 4.90 Å². The van der Waals surface area contributed by atoms with Crippen molar-refractivity contribution in [1.29, 1.82) is 0 Å². The highest BCUT2D eigenvalue weighted by Crippen LogP contribution is 2.30. The molecule has 2 nitrogen and oxygen atoms in total. The monoisotopic (exact) mass is 182 g/mol. The van der Waals surface area contributed by atoms with Gasteiger partial charge in [0, 0.05) is 24.8 Å². The van der Waals surface area contributed by atoms with Crippen LogP contribution in [0.4, 0.5) is 0 Å². The van der Waals surface area contributed by atoms with E-state index in [1.54, 1.807) is 0 Å². The first kappa shape index (κ1) is 10.6. The molecule has 76 valence electrons. The third-order valence-corrected chi connectivity index (χ3v) is 3.42. The van der Waals surface area contributed by atoms with Crippen LogP contribution in [0.1, 0.15) is 27.7 Å². The van der Waals surface area contributed by atoms with Crippen molar-refractivity contribution in [2.24, 2.45) is 0 Å². The maximum atomic E-state index is 4.20. The fourth-order valence-corrected chi connectivity index (χ4v) is 2.06. The second-order valence-electron chi connectivity index (χ2n) is 4.52. The van der Waals surface area contributed by atoms with Gasteiger partial charge in [0.2, 0.25) is 0 Å². The van der Waals surface area contributed by atoms with Gasteiger partial charge in [-0.2, -0.15) is 0 Å². The smallest absolute Gasteiger partial charge is 0.0545 e. The van der Waals surface area contributed by atoms with E-state index in [9.17, 15) is 0 Å². The normalized spacial score (nSPS) is 29.5. The van der Waals surface area contributed by atoms with Gasteiger partial charge < -0.3 is 4.90 Å². The van der Waals surface area contributed by atoms with E-state index in [4.69, 9.17) is 0 Å². The summed E-state index contributed by atoms with van der Waals surface area (Å²) in [5.41, 5.74) is 1.36. The first-order valence-electron chi connectivity index (χ1n) is 5.08. The zero-order valence-electron chi connectivity index (χ0n) is 9.59. The SMILES string of the molecule is C=C1N(CC)[C@@H](C)CN(C)C1(C)C. The van der Waals surface area contributed by atoms with Crippen LogP contribution in [0.3, 0.4) is 0 Å². The molecule has 13 heavy (non-hydrogen) atoms. The zero-order valence-corrected chi connectivity index (χ0v) is 9.59. The highest BCUT2D eigenvalue weighted by Gasteiger charge is 2.37. The molecule has 0 unspecified atom stereocenters. The summed E-state index contributed by atoms with van der Waals surface area (Å²) in [6.07, 6.45) is 0. The maximum absolute atomic E-state index is 4.20. The molecule has 2 heteroatoms. The van der Waals surface area contributed by atoms with Gasteiger partial charge in [0.1, 0.15) is 0 Å². The molecular weight excluding hydrogens is 160 g/mol. The lowest BCUT2D eigenvalue weighted by atomic mass is 9.93.